The summed E-state index contributed by atoms with van der Waals surface area (Å²) in [4.78, 5) is 14.2. The quantitative estimate of drug-likeness (QED) is 0.752. The Morgan fingerprint density at radius 1 is 1.10 bits per heavy atom. The van der Waals surface area contributed by atoms with Crippen LogP contribution in [0.15, 0.2) is 24.3 Å². The van der Waals surface area contributed by atoms with E-state index in [1.54, 1.807) is 0 Å². The van der Waals surface area contributed by atoms with Crippen molar-refractivity contribution in [1.82, 2.24) is 0 Å². The molecule has 1 amide bonds. The zero-order valence-corrected chi connectivity index (χ0v) is 12.1. The Hall–Kier alpha value is -1.55. The van der Waals surface area contributed by atoms with Gasteiger partial charge in [0.25, 0.3) is 0 Å². The predicted molar refractivity (Wildman–Crippen MR) is 84.0 cm³/mol. The van der Waals surface area contributed by atoms with Crippen LogP contribution in [0.1, 0.15) is 38.5 Å². The molecular formula is C16H25N3O. The van der Waals surface area contributed by atoms with Gasteiger partial charge in [-0.15, -0.1) is 0 Å². The van der Waals surface area contributed by atoms with Gasteiger partial charge in [0.05, 0.1) is 0 Å². The van der Waals surface area contributed by atoms with Crippen molar-refractivity contribution in [2.45, 2.75) is 38.5 Å². The molecule has 4 nitrogen and oxygen atoms in total. The molecule has 1 aliphatic heterocycles. The number of carbonyl (C=O) groups is 1. The summed E-state index contributed by atoms with van der Waals surface area (Å²) >= 11 is 0. The second-order valence-corrected chi connectivity index (χ2v) is 5.39. The lowest BCUT2D eigenvalue weighted by atomic mass is 10.2. The molecule has 0 bridgehead atoms. The molecule has 4 heteroatoms. The van der Waals surface area contributed by atoms with Crippen molar-refractivity contribution in [3.05, 3.63) is 24.3 Å². The number of nitrogens with two attached hydrogens (primary N) is 1. The maximum atomic E-state index is 11.8. The highest BCUT2D eigenvalue weighted by Gasteiger charge is 2.11. The van der Waals surface area contributed by atoms with Crippen molar-refractivity contribution in [3.8, 4) is 0 Å². The zero-order chi connectivity index (χ0) is 14.2. The van der Waals surface area contributed by atoms with Crippen molar-refractivity contribution < 1.29 is 4.79 Å². The molecule has 0 atom stereocenters. The van der Waals surface area contributed by atoms with Gasteiger partial charge >= 0.3 is 0 Å². The van der Waals surface area contributed by atoms with Crippen LogP contribution in [0.2, 0.25) is 0 Å². The van der Waals surface area contributed by atoms with Crippen molar-refractivity contribution in [2.75, 3.05) is 29.9 Å². The summed E-state index contributed by atoms with van der Waals surface area (Å²) in [6.45, 7) is 3.00. The van der Waals surface area contributed by atoms with Crippen LogP contribution in [0.25, 0.3) is 0 Å². The van der Waals surface area contributed by atoms with E-state index in [1.807, 2.05) is 12.1 Å². The molecular weight excluding hydrogens is 250 g/mol. The van der Waals surface area contributed by atoms with Crippen LogP contribution >= 0.6 is 0 Å². The Bertz CT molecular complexity index is 410. The van der Waals surface area contributed by atoms with Gasteiger partial charge in [0, 0.05) is 30.9 Å². The molecule has 110 valence electrons. The predicted octanol–water partition coefficient (Wildman–Crippen LogP) is 2.74. The highest BCUT2D eigenvalue weighted by Crippen LogP contribution is 2.22. The first kappa shape index (κ1) is 14.9. The van der Waals surface area contributed by atoms with E-state index in [0.717, 1.165) is 38.0 Å². The molecule has 0 saturated carbocycles. The number of nitrogens with zero attached hydrogens (tertiary/aromatic N) is 1. The van der Waals surface area contributed by atoms with Crippen LogP contribution in [0, 0.1) is 0 Å². The maximum Gasteiger partial charge on any atom is 0.224 e. The Balaban J connectivity index is 1.76. The average molecular weight is 275 g/mol. The number of anilines is 2. The van der Waals surface area contributed by atoms with Crippen LogP contribution in [-0.4, -0.2) is 25.5 Å². The average Bonchev–Trinajstić information content (AvgIpc) is 2.99. The SMILES string of the molecule is NCCCCCC(=O)Nc1ccc(N2CCCC2)cc1. The molecule has 0 radical (unpaired) electrons. The molecule has 0 spiro atoms. The van der Waals surface area contributed by atoms with Crippen molar-refractivity contribution in [2.24, 2.45) is 5.73 Å². The van der Waals surface area contributed by atoms with Crippen LogP contribution in [0.5, 0.6) is 0 Å². The lowest BCUT2D eigenvalue weighted by Gasteiger charge is -2.17. The van der Waals surface area contributed by atoms with Crippen LogP contribution < -0.4 is 16.0 Å². The van der Waals surface area contributed by atoms with E-state index in [9.17, 15) is 4.79 Å². The fourth-order valence-corrected chi connectivity index (χ4v) is 2.56. The molecule has 3 N–H and O–H groups in total. The fourth-order valence-electron chi connectivity index (χ4n) is 2.56. The zero-order valence-electron chi connectivity index (χ0n) is 12.1. The molecule has 1 aromatic rings. The van der Waals surface area contributed by atoms with E-state index in [4.69, 9.17) is 5.73 Å². The van der Waals surface area contributed by atoms with Gasteiger partial charge in [-0.2, -0.15) is 0 Å². The molecule has 0 unspecified atom stereocenters. The van der Waals surface area contributed by atoms with Gasteiger partial charge in [-0.3, -0.25) is 4.79 Å². The summed E-state index contributed by atoms with van der Waals surface area (Å²) < 4.78 is 0. The fraction of sp³-hybridized carbons (Fsp3) is 0.562. The van der Waals surface area contributed by atoms with Crippen LogP contribution in [0.3, 0.4) is 0 Å². The molecule has 1 fully saturated rings. The van der Waals surface area contributed by atoms with Crippen molar-refractivity contribution >= 4 is 17.3 Å². The van der Waals surface area contributed by atoms with Gasteiger partial charge < -0.3 is 16.0 Å². The molecule has 20 heavy (non-hydrogen) atoms. The summed E-state index contributed by atoms with van der Waals surface area (Å²) in [5, 5.41) is 2.95. The summed E-state index contributed by atoms with van der Waals surface area (Å²) in [6, 6.07) is 8.17. The topological polar surface area (TPSA) is 58.4 Å². The highest BCUT2D eigenvalue weighted by molar-refractivity contribution is 5.90. The summed E-state index contributed by atoms with van der Waals surface area (Å²) in [5.41, 5.74) is 7.57. The Kier molecular flexibility index (Phi) is 5.87. The van der Waals surface area contributed by atoms with E-state index < -0.39 is 0 Å². The molecule has 1 heterocycles. The van der Waals surface area contributed by atoms with E-state index in [-0.39, 0.29) is 5.91 Å². The molecule has 0 aliphatic carbocycles. The molecule has 2 rings (SSSR count). The first-order chi connectivity index (χ1) is 9.79. The Morgan fingerprint density at radius 2 is 1.80 bits per heavy atom. The van der Waals surface area contributed by atoms with E-state index in [1.165, 1.54) is 18.5 Å². The number of unbranched alkanes of at least 4 members (excludes halogenated alkanes) is 2. The monoisotopic (exact) mass is 275 g/mol. The lowest BCUT2D eigenvalue weighted by Crippen LogP contribution is -2.17. The number of nitrogens with one attached hydrogen (secondary N) is 1. The first-order valence-corrected chi connectivity index (χ1v) is 7.64. The normalized spacial score (nSPS) is 14.6. The summed E-state index contributed by atoms with van der Waals surface area (Å²) in [7, 11) is 0. The van der Waals surface area contributed by atoms with E-state index in [2.05, 4.69) is 22.3 Å². The molecule has 1 aromatic carbocycles. The third-order valence-corrected chi connectivity index (χ3v) is 3.73. The number of hydrogen-bond acceptors (Lipinski definition) is 3. The number of carbonyl (C=O) groups excluding carboxylic acids is 1. The van der Waals surface area contributed by atoms with Crippen LogP contribution in [0.4, 0.5) is 11.4 Å². The minimum Gasteiger partial charge on any atom is -0.372 e. The smallest absolute Gasteiger partial charge is 0.224 e. The van der Waals surface area contributed by atoms with Gasteiger partial charge in [0.2, 0.25) is 5.91 Å². The minimum absolute atomic E-state index is 0.0935. The third kappa shape index (κ3) is 4.53. The standard InChI is InChI=1S/C16H25N3O/c17-11-3-1-2-6-16(20)18-14-7-9-15(10-8-14)19-12-4-5-13-19/h7-10H,1-6,11-13,17H2,(H,18,20). The maximum absolute atomic E-state index is 11.8. The van der Waals surface area contributed by atoms with Gasteiger partial charge in [-0.1, -0.05) is 6.42 Å². The third-order valence-electron chi connectivity index (χ3n) is 3.73. The Labute approximate surface area is 121 Å². The van der Waals surface area contributed by atoms with Gasteiger partial charge in [0.1, 0.15) is 0 Å². The minimum atomic E-state index is 0.0935. The van der Waals surface area contributed by atoms with E-state index in [0.29, 0.717) is 13.0 Å². The second kappa shape index (κ2) is 7.90. The van der Waals surface area contributed by atoms with E-state index >= 15 is 0 Å². The van der Waals surface area contributed by atoms with Crippen molar-refractivity contribution in [3.63, 3.8) is 0 Å². The number of hydrogen-bond donors (Lipinski definition) is 2. The summed E-state index contributed by atoms with van der Waals surface area (Å²) in [6.07, 6.45) is 6.07. The van der Waals surface area contributed by atoms with Gasteiger partial charge in [-0.05, 0) is 56.5 Å². The number of benzene rings is 1. The molecule has 0 aromatic heterocycles. The summed E-state index contributed by atoms with van der Waals surface area (Å²) in [5.74, 6) is 0.0935. The van der Waals surface area contributed by atoms with Crippen molar-refractivity contribution in [1.29, 1.82) is 0 Å². The Morgan fingerprint density at radius 3 is 2.45 bits per heavy atom. The van der Waals surface area contributed by atoms with Gasteiger partial charge in [0.15, 0.2) is 0 Å². The number of amides is 1. The molecule has 1 aliphatic rings. The lowest BCUT2D eigenvalue weighted by molar-refractivity contribution is -0.116. The van der Waals surface area contributed by atoms with Gasteiger partial charge in [-0.25, -0.2) is 0 Å². The first-order valence-electron chi connectivity index (χ1n) is 7.64. The second-order valence-electron chi connectivity index (χ2n) is 5.39. The molecule has 1 saturated heterocycles. The highest BCUT2D eigenvalue weighted by atomic mass is 16.1. The van der Waals surface area contributed by atoms with Crippen LogP contribution in [-0.2, 0) is 4.79 Å². The number of rotatable bonds is 7. The largest absolute Gasteiger partial charge is 0.372 e.